The standard InChI is InChI=1S/C16H15ClO/c1-10-6-7-12-11-4-2-3-5-13(11)15(17)9-14(12)16(18)8-10/h2-5,9-10H,6-8H2,1H3. The normalized spacial score (nSPS) is 19.7. The minimum absolute atomic E-state index is 0.239. The van der Waals surface area contributed by atoms with Crippen molar-refractivity contribution in [3.05, 3.63) is 46.5 Å². The summed E-state index contributed by atoms with van der Waals surface area (Å²) < 4.78 is 0. The van der Waals surface area contributed by atoms with E-state index in [-0.39, 0.29) is 5.78 Å². The van der Waals surface area contributed by atoms with Gasteiger partial charge in [0.25, 0.3) is 0 Å². The first-order valence-electron chi connectivity index (χ1n) is 6.40. The lowest BCUT2D eigenvalue weighted by Gasteiger charge is -2.10. The molecule has 1 atom stereocenters. The van der Waals surface area contributed by atoms with E-state index in [1.54, 1.807) is 0 Å². The van der Waals surface area contributed by atoms with E-state index in [1.165, 1.54) is 5.56 Å². The number of benzene rings is 2. The van der Waals surface area contributed by atoms with Crippen LogP contribution in [-0.4, -0.2) is 5.78 Å². The van der Waals surface area contributed by atoms with E-state index < -0.39 is 0 Å². The number of hydrogen-bond acceptors (Lipinski definition) is 1. The van der Waals surface area contributed by atoms with Crippen molar-refractivity contribution >= 4 is 28.2 Å². The van der Waals surface area contributed by atoms with Crippen LogP contribution in [0.4, 0.5) is 0 Å². The van der Waals surface area contributed by atoms with E-state index in [0.29, 0.717) is 17.4 Å². The Labute approximate surface area is 112 Å². The molecule has 0 saturated carbocycles. The molecule has 1 aliphatic carbocycles. The quantitative estimate of drug-likeness (QED) is 0.629. The van der Waals surface area contributed by atoms with Gasteiger partial charge in [-0.05, 0) is 35.8 Å². The predicted molar refractivity (Wildman–Crippen MR) is 75.4 cm³/mol. The lowest BCUT2D eigenvalue weighted by atomic mass is 9.95. The molecular weight excluding hydrogens is 244 g/mol. The second-order valence-electron chi connectivity index (χ2n) is 5.20. The fourth-order valence-corrected chi connectivity index (χ4v) is 3.10. The second-order valence-corrected chi connectivity index (χ2v) is 5.61. The maximum absolute atomic E-state index is 12.3. The molecular formula is C16H15ClO. The van der Waals surface area contributed by atoms with Gasteiger partial charge >= 0.3 is 0 Å². The third kappa shape index (κ3) is 1.83. The Bertz CT molecular complexity index is 630. The molecule has 2 aromatic rings. The molecule has 1 unspecified atom stereocenters. The number of aryl methyl sites for hydroxylation is 1. The number of halogens is 1. The highest BCUT2D eigenvalue weighted by molar-refractivity contribution is 6.36. The van der Waals surface area contributed by atoms with Crippen LogP contribution >= 0.6 is 11.6 Å². The van der Waals surface area contributed by atoms with Crippen LogP contribution in [0.15, 0.2) is 30.3 Å². The first-order chi connectivity index (χ1) is 8.66. The van der Waals surface area contributed by atoms with Crippen molar-refractivity contribution in [1.82, 2.24) is 0 Å². The van der Waals surface area contributed by atoms with E-state index in [9.17, 15) is 4.79 Å². The lowest BCUT2D eigenvalue weighted by Crippen LogP contribution is -2.03. The largest absolute Gasteiger partial charge is 0.294 e. The molecule has 2 aromatic carbocycles. The number of carbonyl (C=O) groups is 1. The highest BCUT2D eigenvalue weighted by Crippen LogP contribution is 2.34. The topological polar surface area (TPSA) is 17.1 Å². The van der Waals surface area contributed by atoms with Crippen molar-refractivity contribution in [2.45, 2.75) is 26.2 Å². The molecule has 3 rings (SSSR count). The van der Waals surface area contributed by atoms with Crippen molar-refractivity contribution in [1.29, 1.82) is 0 Å². The molecule has 0 aliphatic heterocycles. The summed E-state index contributed by atoms with van der Waals surface area (Å²) >= 11 is 6.30. The fourth-order valence-electron chi connectivity index (χ4n) is 2.83. The van der Waals surface area contributed by atoms with E-state index >= 15 is 0 Å². The molecule has 0 spiro atoms. The number of hydrogen-bond donors (Lipinski definition) is 0. The maximum Gasteiger partial charge on any atom is 0.163 e. The Kier molecular flexibility index (Phi) is 2.87. The van der Waals surface area contributed by atoms with Crippen LogP contribution in [0.2, 0.25) is 5.02 Å². The van der Waals surface area contributed by atoms with Crippen molar-refractivity contribution in [3.63, 3.8) is 0 Å². The van der Waals surface area contributed by atoms with E-state index in [2.05, 4.69) is 13.0 Å². The van der Waals surface area contributed by atoms with Crippen LogP contribution in [-0.2, 0) is 6.42 Å². The zero-order valence-electron chi connectivity index (χ0n) is 10.4. The summed E-state index contributed by atoms with van der Waals surface area (Å²) in [5, 5.41) is 2.88. The number of ketones is 1. The molecule has 1 aliphatic rings. The van der Waals surface area contributed by atoms with Gasteiger partial charge in [-0.15, -0.1) is 0 Å². The Morgan fingerprint density at radius 1 is 1.22 bits per heavy atom. The third-order valence-corrected chi connectivity index (χ3v) is 4.14. The Morgan fingerprint density at radius 3 is 2.72 bits per heavy atom. The molecule has 18 heavy (non-hydrogen) atoms. The van der Waals surface area contributed by atoms with Crippen molar-refractivity contribution < 1.29 is 4.79 Å². The molecule has 2 heteroatoms. The van der Waals surface area contributed by atoms with Gasteiger partial charge in [0.15, 0.2) is 5.78 Å². The smallest absolute Gasteiger partial charge is 0.163 e. The van der Waals surface area contributed by atoms with Gasteiger partial charge in [-0.25, -0.2) is 0 Å². The minimum atomic E-state index is 0.239. The van der Waals surface area contributed by atoms with Crippen LogP contribution in [0.25, 0.3) is 10.8 Å². The summed E-state index contributed by atoms with van der Waals surface area (Å²) in [6.07, 6.45) is 2.69. The molecule has 0 saturated heterocycles. The molecule has 0 bridgehead atoms. The number of Topliss-reactive ketones (excluding diaryl/α,β-unsaturated/α-hetero) is 1. The Balaban J connectivity index is 2.32. The molecule has 0 amide bonds. The van der Waals surface area contributed by atoms with Crippen molar-refractivity contribution in [2.75, 3.05) is 0 Å². The summed E-state index contributed by atoms with van der Waals surface area (Å²) in [6, 6.07) is 9.96. The molecule has 0 fully saturated rings. The third-order valence-electron chi connectivity index (χ3n) is 3.83. The first kappa shape index (κ1) is 11.7. The van der Waals surface area contributed by atoms with Crippen LogP contribution in [0.3, 0.4) is 0 Å². The zero-order chi connectivity index (χ0) is 12.7. The van der Waals surface area contributed by atoms with Crippen LogP contribution < -0.4 is 0 Å². The van der Waals surface area contributed by atoms with Gasteiger partial charge in [0, 0.05) is 22.4 Å². The van der Waals surface area contributed by atoms with Crippen LogP contribution in [0.1, 0.15) is 35.7 Å². The molecule has 92 valence electrons. The van der Waals surface area contributed by atoms with Gasteiger partial charge in [-0.2, -0.15) is 0 Å². The summed E-state index contributed by atoms with van der Waals surface area (Å²) in [5.74, 6) is 0.699. The molecule has 0 aromatic heterocycles. The lowest BCUT2D eigenvalue weighted by molar-refractivity contribution is 0.0967. The average molecular weight is 259 g/mol. The number of fused-ring (bicyclic) bond motifs is 3. The van der Waals surface area contributed by atoms with Gasteiger partial charge in [0.05, 0.1) is 0 Å². The van der Waals surface area contributed by atoms with Crippen LogP contribution in [0, 0.1) is 5.92 Å². The first-order valence-corrected chi connectivity index (χ1v) is 6.78. The van der Waals surface area contributed by atoms with E-state index in [4.69, 9.17) is 11.6 Å². The molecule has 0 radical (unpaired) electrons. The maximum atomic E-state index is 12.3. The fraction of sp³-hybridized carbons (Fsp3) is 0.312. The van der Waals surface area contributed by atoms with E-state index in [1.807, 2.05) is 24.3 Å². The Morgan fingerprint density at radius 2 is 1.94 bits per heavy atom. The molecule has 0 heterocycles. The van der Waals surface area contributed by atoms with Gasteiger partial charge in [-0.1, -0.05) is 42.8 Å². The summed E-state index contributed by atoms with van der Waals surface area (Å²) in [5.41, 5.74) is 2.02. The summed E-state index contributed by atoms with van der Waals surface area (Å²) in [4.78, 5) is 12.3. The minimum Gasteiger partial charge on any atom is -0.294 e. The summed E-state index contributed by atoms with van der Waals surface area (Å²) in [7, 11) is 0. The van der Waals surface area contributed by atoms with Gasteiger partial charge < -0.3 is 0 Å². The second kappa shape index (κ2) is 4.40. The molecule has 0 N–H and O–H groups in total. The van der Waals surface area contributed by atoms with Gasteiger partial charge in [-0.3, -0.25) is 4.79 Å². The highest BCUT2D eigenvalue weighted by atomic mass is 35.5. The predicted octanol–water partition coefficient (Wildman–Crippen LogP) is 4.65. The Hall–Kier alpha value is -1.34. The van der Waals surface area contributed by atoms with Gasteiger partial charge in [0.2, 0.25) is 0 Å². The van der Waals surface area contributed by atoms with Crippen molar-refractivity contribution in [3.8, 4) is 0 Å². The van der Waals surface area contributed by atoms with Crippen molar-refractivity contribution in [2.24, 2.45) is 5.92 Å². The zero-order valence-corrected chi connectivity index (χ0v) is 11.1. The average Bonchev–Trinajstić information content (AvgIpc) is 2.50. The molecule has 1 nitrogen and oxygen atoms in total. The summed E-state index contributed by atoms with van der Waals surface area (Å²) in [6.45, 7) is 2.15. The SMILES string of the molecule is CC1CCc2c(cc(Cl)c3ccccc23)C(=O)C1. The van der Waals surface area contributed by atoms with E-state index in [0.717, 1.165) is 29.2 Å². The highest BCUT2D eigenvalue weighted by Gasteiger charge is 2.22. The number of rotatable bonds is 0. The van der Waals surface area contributed by atoms with Crippen LogP contribution in [0.5, 0.6) is 0 Å². The van der Waals surface area contributed by atoms with Gasteiger partial charge in [0.1, 0.15) is 0 Å². The number of carbonyl (C=O) groups excluding carboxylic acids is 1. The monoisotopic (exact) mass is 258 g/mol.